The van der Waals surface area contributed by atoms with E-state index < -0.39 is 0 Å². The lowest BCUT2D eigenvalue weighted by molar-refractivity contribution is 1.17. The van der Waals surface area contributed by atoms with E-state index in [1.165, 1.54) is 11.1 Å². The highest BCUT2D eigenvalue weighted by Crippen LogP contribution is 2.30. The van der Waals surface area contributed by atoms with E-state index in [1.807, 2.05) is 31.4 Å². The van der Waals surface area contributed by atoms with Crippen LogP contribution in [0.1, 0.15) is 11.1 Å². The zero-order valence-corrected chi connectivity index (χ0v) is 10.4. The monoisotopic (exact) mass is 227 g/mol. The van der Waals surface area contributed by atoms with E-state index in [-0.39, 0.29) is 0 Å². The molecule has 0 aliphatic carbocycles. The summed E-state index contributed by atoms with van der Waals surface area (Å²) in [7, 11) is 2.00. The molecule has 2 rings (SSSR count). The van der Waals surface area contributed by atoms with Crippen molar-refractivity contribution in [3.63, 3.8) is 0 Å². The van der Waals surface area contributed by atoms with Crippen molar-refractivity contribution < 1.29 is 0 Å². The number of pyridine rings is 1. The van der Waals surface area contributed by atoms with Crippen molar-refractivity contribution in [2.24, 2.45) is 0 Å². The van der Waals surface area contributed by atoms with Crippen molar-refractivity contribution in [3.8, 4) is 0 Å². The third kappa shape index (κ3) is 2.23. The number of hydrogen-bond donors (Lipinski definition) is 1. The predicted octanol–water partition coefficient (Wildman–Crippen LogP) is 3.05. The minimum atomic E-state index is 0.791. The molecule has 1 aromatic carbocycles. The molecule has 0 unspecified atom stereocenters. The highest BCUT2D eigenvalue weighted by molar-refractivity contribution is 5.75. The second-order valence-corrected chi connectivity index (χ2v) is 4.27. The standard InChI is InChI=1S/C14H17N3/c1-10-7-13(15)14(8-11(10)2)17(3)12-5-4-6-16-9-12/h4-9H,15H2,1-3H3. The van der Waals surface area contributed by atoms with Crippen LogP contribution in [0.25, 0.3) is 0 Å². The van der Waals surface area contributed by atoms with E-state index in [4.69, 9.17) is 5.73 Å². The van der Waals surface area contributed by atoms with Crippen LogP contribution >= 0.6 is 0 Å². The van der Waals surface area contributed by atoms with Gasteiger partial charge in [0, 0.05) is 13.2 Å². The Labute approximate surface area is 102 Å². The van der Waals surface area contributed by atoms with Crippen molar-refractivity contribution in [1.82, 2.24) is 4.98 Å². The van der Waals surface area contributed by atoms with Gasteiger partial charge in [0.2, 0.25) is 0 Å². The molecule has 0 fully saturated rings. The van der Waals surface area contributed by atoms with E-state index in [0.717, 1.165) is 17.1 Å². The molecule has 0 amide bonds. The summed E-state index contributed by atoms with van der Waals surface area (Å²) in [5.74, 6) is 0. The Morgan fingerprint density at radius 3 is 2.53 bits per heavy atom. The van der Waals surface area contributed by atoms with Crippen LogP contribution in [0, 0.1) is 13.8 Å². The summed E-state index contributed by atoms with van der Waals surface area (Å²) >= 11 is 0. The third-order valence-electron chi connectivity index (χ3n) is 3.04. The van der Waals surface area contributed by atoms with E-state index in [1.54, 1.807) is 6.20 Å². The number of anilines is 3. The molecule has 0 saturated carbocycles. The van der Waals surface area contributed by atoms with Crippen LogP contribution in [0.15, 0.2) is 36.7 Å². The first-order chi connectivity index (χ1) is 8.09. The maximum absolute atomic E-state index is 6.07. The van der Waals surface area contributed by atoms with Gasteiger partial charge in [-0.2, -0.15) is 0 Å². The first kappa shape index (κ1) is 11.5. The van der Waals surface area contributed by atoms with E-state index in [0.29, 0.717) is 0 Å². The topological polar surface area (TPSA) is 42.1 Å². The van der Waals surface area contributed by atoms with Gasteiger partial charge in [0.1, 0.15) is 0 Å². The number of hydrogen-bond acceptors (Lipinski definition) is 3. The molecule has 3 nitrogen and oxygen atoms in total. The van der Waals surface area contributed by atoms with Crippen LogP contribution in [0.2, 0.25) is 0 Å². The van der Waals surface area contributed by atoms with Crippen LogP contribution < -0.4 is 10.6 Å². The highest BCUT2D eigenvalue weighted by Gasteiger charge is 2.09. The van der Waals surface area contributed by atoms with Crippen molar-refractivity contribution in [2.75, 3.05) is 17.7 Å². The molecular formula is C14H17N3. The van der Waals surface area contributed by atoms with Crippen molar-refractivity contribution in [1.29, 1.82) is 0 Å². The van der Waals surface area contributed by atoms with Crippen molar-refractivity contribution in [3.05, 3.63) is 47.8 Å². The molecular weight excluding hydrogens is 210 g/mol. The number of nitrogens with zero attached hydrogens (tertiary/aromatic N) is 2. The first-order valence-electron chi connectivity index (χ1n) is 5.60. The zero-order valence-electron chi connectivity index (χ0n) is 10.4. The fourth-order valence-electron chi connectivity index (χ4n) is 1.80. The number of nitrogen functional groups attached to an aromatic ring is 1. The third-order valence-corrected chi connectivity index (χ3v) is 3.04. The number of benzene rings is 1. The Kier molecular flexibility index (Phi) is 3.00. The first-order valence-corrected chi connectivity index (χ1v) is 5.60. The molecule has 0 spiro atoms. The Morgan fingerprint density at radius 2 is 1.88 bits per heavy atom. The molecule has 1 heterocycles. The van der Waals surface area contributed by atoms with Gasteiger partial charge < -0.3 is 10.6 Å². The second-order valence-electron chi connectivity index (χ2n) is 4.27. The van der Waals surface area contributed by atoms with Gasteiger partial charge in [-0.3, -0.25) is 4.98 Å². The smallest absolute Gasteiger partial charge is 0.0645 e. The zero-order chi connectivity index (χ0) is 12.4. The molecule has 3 heteroatoms. The van der Waals surface area contributed by atoms with Gasteiger partial charge in [-0.1, -0.05) is 0 Å². The minimum absolute atomic E-state index is 0.791. The van der Waals surface area contributed by atoms with Gasteiger partial charge in [0.05, 0.1) is 23.3 Å². The van der Waals surface area contributed by atoms with Gasteiger partial charge in [-0.15, -0.1) is 0 Å². The molecule has 2 N–H and O–H groups in total. The van der Waals surface area contributed by atoms with E-state index in [2.05, 4.69) is 29.8 Å². The number of rotatable bonds is 2. The van der Waals surface area contributed by atoms with Crippen LogP contribution in [0.5, 0.6) is 0 Å². The minimum Gasteiger partial charge on any atom is -0.397 e. The average Bonchev–Trinajstić information content (AvgIpc) is 2.34. The van der Waals surface area contributed by atoms with Gasteiger partial charge in [-0.05, 0) is 49.2 Å². The van der Waals surface area contributed by atoms with Crippen molar-refractivity contribution in [2.45, 2.75) is 13.8 Å². The van der Waals surface area contributed by atoms with Crippen molar-refractivity contribution >= 4 is 17.1 Å². The number of aryl methyl sites for hydroxylation is 2. The van der Waals surface area contributed by atoms with Crippen LogP contribution in [0.4, 0.5) is 17.1 Å². The van der Waals surface area contributed by atoms with E-state index >= 15 is 0 Å². The second kappa shape index (κ2) is 4.45. The quantitative estimate of drug-likeness (QED) is 0.802. The summed E-state index contributed by atoms with van der Waals surface area (Å²) in [5.41, 5.74) is 11.4. The number of aromatic nitrogens is 1. The Balaban J connectivity index is 2.44. The fourth-order valence-corrected chi connectivity index (χ4v) is 1.80. The SMILES string of the molecule is Cc1cc(N)c(N(C)c2cccnc2)cc1C. The molecule has 0 atom stereocenters. The van der Waals surface area contributed by atoms with Gasteiger partial charge in [-0.25, -0.2) is 0 Å². The summed E-state index contributed by atoms with van der Waals surface area (Å²) in [4.78, 5) is 6.17. The van der Waals surface area contributed by atoms with Gasteiger partial charge in [0.15, 0.2) is 0 Å². The molecule has 88 valence electrons. The normalized spacial score (nSPS) is 10.3. The molecule has 0 saturated heterocycles. The van der Waals surface area contributed by atoms with E-state index in [9.17, 15) is 0 Å². The Bertz CT molecular complexity index is 520. The molecule has 0 aliphatic heterocycles. The molecule has 1 aromatic heterocycles. The van der Waals surface area contributed by atoms with Crippen LogP contribution in [-0.2, 0) is 0 Å². The largest absolute Gasteiger partial charge is 0.397 e. The fraction of sp³-hybridized carbons (Fsp3) is 0.214. The summed E-state index contributed by atoms with van der Waals surface area (Å²) in [6, 6.07) is 8.06. The summed E-state index contributed by atoms with van der Waals surface area (Å²) < 4.78 is 0. The summed E-state index contributed by atoms with van der Waals surface area (Å²) in [5, 5.41) is 0. The molecule has 0 aliphatic rings. The average molecular weight is 227 g/mol. The molecule has 0 bridgehead atoms. The van der Waals surface area contributed by atoms with Crippen LogP contribution in [0.3, 0.4) is 0 Å². The molecule has 2 aromatic rings. The summed E-state index contributed by atoms with van der Waals surface area (Å²) in [6.07, 6.45) is 3.59. The van der Waals surface area contributed by atoms with Gasteiger partial charge in [0.25, 0.3) is 0 Å². The van der Waals surface area contributed by atoms with Crippen LogP contribution in [-0.4, -0.2) is 12.0 Å². The summed E-state index contributed by atoms with van der Waals surface area (Å²) in [6.45, 7) is 4.16. The Hall–Kier alpha value is -2.03. The number of nitrogens with two attached hydrogens (primary N) is 1. The lowest BCUT2D eigenvalue weighted by Crippen LogP contribution is -2.12. The maximum atomic E-state index is 6.07. The predicted molar refractivity (Wildman–Crippen MR) is 72.6 cm³/mol. The maximum Gasteiger partial charge on any atom is 0.0645 e. The lowest BCUT2D eigenvalue weighted by atomic mass is 10.1. The lowest BCUT2D eigenvalue weighted by Gasteiger charge is -2.22. The highest BCUT2D eigenvalue weighted by atomic mass is 15.1. The molecule has 17 heavy (non-hydrogen) atoms. The van der Waals surface area contributed by atoms with Gasteiger partial charge >= 0.3 is 0 Å². The Morgan fingerprint density at radius 1 is 1.18 bits per heavy atom. The molecule has 0 radical (unpaired) electrons.